The van der Waals surface area contributed by atoms with E-state index in [1.165, 1.54) is 6.20 Å². The molecule has 0 fully saturated rings. The van der Waals surface area contributed by atoms with Crippen molar-refractivity contribution < 1.29 is 18.5 Å². The van der Waals surface area contributed by atoms with Crippen LogP contribution in [0.2, 0.25) is 0 Å². The van der Waals surface area contributed by atoms with Gasteiger partial charge < -0.3 is 13.7 Å². The molecule has 0 saturated heterocycles. The SMILES string of the molecule is Cc1ccc(-c2nn(-c3ccccc3)cc2C(=O)OCc2ccno2)o1. The zero-order valence-corrected chi connectivity index (χ0v) is 14.0. The normalized spacial score (nSPS) is 10.8. The van der Waals surface area contributed by atoms with Crippen molar-refractivity contribution in [3.05, 3.63) is 78.0 Å². The number of carbonyl (C=O) groups is 1. The van der Waals surface area contributed by atoms with Crippen molar-refractivity contribution >= 4 is 5.97 Å². The van der Waals surface area contributed by atoms with Crippen molar-refractivity contribution in [1.29, 1.82) is 0 Å². The highest BCUT2D eigenvalue weighted by Crippen LogP contribution is 2.26. The molecule has 0 radical (unpaired) electrons. The second kappa shape index (κ2) is 6.72. The number of para-hydroxylation sites is 1. The van der Waals surface area contributed by atoms with Gasteiger partial charge in [-0.15, -0.1) is 0 Å². The molecule has 4 aromatic rings. The largest absolute Gasteiger partial charge is 0.460 e. The molecular formula is C19H15N3O4. The fraction of sp³-hybridized carbons (Fsp3) is 0.105. The lowest BCUT2D eigenvalue weighted by Gasteiger charge is -2.01. The molecule has 0 spiro atoms. The van der Waals surface area contributed by atoms with Crippen LogP contribution in [-0.2, 0) is 11.3 Å². The summed E-state index contributed by atoms with van der Waals surface area (Å²) in [6.45, 7) is 1.82. The van der Waals surface area contributed by atoms with E-state index in [0.29, 0.717) is 22.8 Å². The van der Waals surface area contributed by atoms with E-state index in [-0.39, 0.29) is 6.61 Å². The van der Waals surface area contributed by atoms with Crippen molar-refractivity contribution in [2.75, 3.05) is 0 Å². The summed E-state index contributed by atoms with van der Waals surface area (Å²) >= 11 is 0. The molecule has 0 bridgehead atoms. The Morgan fingerprint density at radius 1 is 1.15 bits per heavy atom. The Hall–Kier alpha value is -3.61. The Balaban J connectivity index is 1.69. The van der Waals surface area contributed by atoms with E-state index in [1.54, 1.807) is 23.0 Å². The number of nitrogens with zero attached hydrogens (tertiary/aromatic N) is 3. The standard InChI is InChI=1S/C19H15N3O4/c1-13-7-8-17(25-13)18-16(19(23)24-12-15-9-10-20-26-15)11-22(21-18)14-5-3-2-4-6-14/h2-11H,12H2,1H3. The van der Waals surface area contributed by atoms with Crippen LogP contribution in [0.4, 0.5) is 0 Å². The van der Waals surface area contributed by atoms with Crippen molar-refractivity contribution in [1.82, 2.24) is 14.9 Å². The molecule has 3 heterocycles. The van der Waals surface area contributed by atoms with E-state index in [4.69, 9.17) is 13.7 Å². The first-order valence-corrected chi connectivity index (χ1v) is 7.99. The van der Waals surface area contributed by atoms with Crippen molar-refractivity contribution in [3.8, 4) is 17.1 Å². The van der Waals surface area contributed by atoms with Gasteiger partial charge in [0.15, 0.2) is 18.1 Å². The summed E-state index contributed by atoms with van der Waals surface area (Å²) in [6.07, 6.45) is 3.12. The Bertz CT molecular complexity index is 1020. The van der Waals surface area contributed by atoms with Gasteiger partial charge >= 0.3 is 5.97 Å². The minimum atomic E-state index is -0.521. The summed E-state index contributed by atoms with van der Waals surface area (Å²) in [5, 5.41) is 8.10. The van der Waals surface area contributed by atoms with Crippen molar-refractivity contribution in [2.45, 2.75) is 13.5 Å². The number of carbonyl (C=O) groups excluding carboxylic acids is 1. The number of hydrogen-bond donors (Lipinski definition) is 0. The minimum Gasteiger partial charge on any atom is -0.460 e. The maximum absolute atomic E-state index is 12.6. The predicted molar refractivity (Wildman–Crippen MR) is 91.6 cm³/mol. The first-order chi connectivity index (χ1) is 12.7. The quantitative estimate of drug-likeness (QED) is 0.510. The van der Waals surface area contributed by atoms with Gasteiger partial charge in [0.05, 0.1) is 11.9 Å². The Kier molecular flexibility index (Phi) is 4.10. The molecule has 0 aliphatic carbocycles. The lowest BCUT2D eigenvalue weighted by molar-refractivity contribution is 0.0438. The number of benzene rings is 1. The lowest BCUT2D eigenvalue weighted by Crippen LogP contribution is -2.05. The van der Waals surface area contributed by atoms with E-state index < -0.39 is 5.97 Å². The van der Waals surface area contributed by atoms with Gasteiger partial charge in [0.25, 0.3) is 0 Å². The average molecular weight is 349 g/mol. The molecule has 0 amide bonds. The highest BCUT2D eigenvalue weighted by molar-refractivity contribution is 5.95. The first kappa shape index (κ1) is 15.9. The lowest BCUT2D eigenvalue weighted by atomic mass is 10.2. The Morgan fingerprint density at radius 3 is 2.69 bits per heavy atom. The van der Waals surface area contributed by atoms with Gasteiger partial charge in [0, 0.05) is 12.3 Å². The molecule has 7 nitrogen and oxygen atoms in total. The van der Waals surface area contributed by atoms with E-state index in [1.807, 2.05) is 43.3 Å². The van der Waals surface area contributed by atoms with Crippen LogP contribution in [0.25, 0.3) is 17.1 Å². The van der Waals surface area contributed by atoms with Gasteiger partial charge in [0.2, 0.25) is 0 Å². The maximum atomic E-state index is 12.6. The van der Waals surface area contributed by atoms with Crippen molar-refractivity contribution in [2.24, 2.45) is 0 Å². The topological polar surface area (TPSA) is 83.3 Å². The summed E-state index contributed by atoms with van der Waals surface area (Å²) in [7, 11) is 0. The third-order valence-corrected chi connectivity index (χ3v) is 3.77. The summed E-state index contributed by atoms with van der Waals surface area (Å²) in [5.74, 6) is 1.18. The fourth-order valence-corrected chi connectivity index (χ4v) is 2.51. The molecule has 4 rings (SSSR count). The van der Waals surface area contributed by atoms with Crippen LogP contribution in [-0.4, -0.2) is 20.9 Å². The molecule has 130 valence electrons. The minimum absolute atomic E-state index is 0.00796. The van der Waals surface area contributed by atoms with Gasteiger partial charge in [-0.2, -0.15) is 5.10 Å². The van der Waals surface area contributed by atoms with E-state index in [9.17, 15) is 4.79 Å². The molecular weight excluding hydrogens is 334 g/mol. The van der Waals surface area contributed by atoms with Gasteiger partial charge in [0.1, 0.15) is 17.0 Å². The monoisotopic (exact) mass is 349 g/mol. The molecule has 3 aromatic heterocycles. The Labute approximate surface area is 148 Å². The second-order valence-electron chi connectivity index (χ2n) is 5.64. The third-order valence-electron chi connectivity index (χ3n) is 3.77. The zero-order valence-electron chi connectivity index (χ0n) is 14.0. The predicted octanol–water partition coefficient (Wildman–Crippen LogP) is 3.79. The highest BCUT2D eigenvalue weighted by atomic mass is 16.5. The van der Waals surface area contributed by atoms with Crippen LogP contribution in [0.3, 0.4) is 0 Å². The van der Waals surface area contributed by atoms with Crippen molar-refractivity contribution in [3.63, 3.8) is 0 Å². The molecule has 0 unspecified atom stereocenters. The van der Waals surface area contributed by atoms with Gasteiger partial charge in [-0.3, -0.25) is 0 Å². The number of rotatable bonds is 5. The van der Waals surface area contributed by atoms with Crippen LogP contribution >= 0.6 is 0 Å². The summed E-state index contributed by atoms with van der Waals surface area (Å²) < 4.78 is 17.5. The second-order valence-corrected chi connectivity index (χ2v) is 5.64. The summed E-state index contributed by atoms with van der Waals surface area (Å²) in [6, 6.07) is 14.7. The average Bonchev–Trinajstić information content (AvgIpc) is 3.40. The first-order valence-electron chi connectivity index (χ1n) is 7.99. The van der Waals surface area contributed by atoms with Crippen LogP contribution in [0.1, 0.15) is 21.9 Å². The number of ether oxygens (including phenoxy) is 1. The Morgan fingerprint density at radius 2 is 2.00 bits per heavy atom. The summed E-state index contributed by atoms with van der Waals surface area (Å²) in [5.41, 5.74) is 1.55. The van der Waals surface area contributed by atoms with Crippen LogP contribution in [0.5, 0.6) is 0 Å². The van der Waals surface area contributed by atoms with E-state index in [2.05, 4.69) is 10.3 Å². The smallest absolute Gasteiger partial charge is 0.342 e. The molecule has 7 heteroatoms. The number of hydrogen-bond acceptors (Lipinski definition) is 6. The van der Waals surface area contributed by atoms with Gasteiger partial charge in [-0.25, -0.2) is 9.48 Å². The zero-order chi connectivity index (χ0) is 17.9. The van der Waals surface area contributed by atoms with E-state index in [0.717, 1.165) is 11.4 Å². The number of aromatic nitrogens is 3. The van der Waals surface area contributed by atoms with Gasteiger partial charge in [-0.05, 0) is 31.2 Å². The number of furan rings is 1. The molecule has 26 heavy (non-hydrogen) atoms. The van der Waals surface area contributed by atoms with Crippen LogP contribution in [0.15, 0.2) is 69.9 Å². The fourth-order valence-electron chi connectivity index (χ4n) is 2.51. The number of esters is 1. The molecule has 1 aromatic carbocycles. The maximum Gasteiger partial charge on any atom is 0.342 e. The third kappa shape index (κ3) is 3.14. The molecule has 0 aliphatic heterocycles. The molecule has 0 N–H and O–H groups in total. The molecule has 0 aliphatic rings. The molecule has 0 atom stereocenters. The van der Waals surface area contributed by atoms with Crippen LogP contribution < -0.4 is 0 Å². The van der Waals surface area contributed by atoms with Gasteiger partial charge in [-0.1, -0.05) is 23.4 Å². The van der Waals surface area contributed by atoms with Crippen LogP contribution in [0, 0.1) is 6.92 Å². The highest BCUT2D eigenvalue weighted by Gasteiger charge is 2.22. The number of aryl methyl sites for hydroxylation is 1. The molecule has 0 saturated carbocycles. The van der Waals surface area contributed by atoms with E-state index >= 15 is 0 Å². The summed E-state index contributed by atoms with van der Waals surface area (Å²) in [4.78, 5) is 12.6.